The molecule has 2 aromatic rings. The molecule has 1 fully saturated rings. The number of hydrogen-bond acceptors (Lipinski definition) is 4. The Hall–Kier alpha value is -3.10. The lowest BCUT2D eigenvalue weighted by atomic mass is 10.0. The molecule has 0 bridgehead atoms. The van der Waals surface area contributed by atoms with Gasteiger partial charge in [-0.2, -0.15) is 0 Å². The molecule has 2 aliphatic rings. The van der Waals surface area contributed by atoms with Crippen molar-refractivity contribution in [1.82, 2.24) is 15.5 Å². The molecule has 2 aromatic carbocycles. The van der Waals surface area contributed by atoms with Gasteiger partial charge in [0.1, 0.15) is 6.04 Å². The molecule has 0 saturated carbocycles. The number of nitrogens with zero attached hydrogens (tertiary/aromatic N) is 1. The molecule has 1 saturated heterocycles. The van der Waals surface area contributed by atoms with Crippen LogP contribution in [0.1, 0.15) is 34.3 Å². The van der Waals surface area contributed by atoms with Crippen molar-refractivity contribution in [3.05, 3.63) is 63.1 Å². The van der Waals surface area contributed by atoms with Gasteiger partial charge in [-0.25, -0.2) is 4.79 Å². The fraction of sp³-hybridized carbons (Fsp3) is 0.238. The van der Waals surface area contributed by atoms with Crippen molar-refractivity contribution in [2.24, 2.45) is 0 Å². The second-order valence-corrected chi connectivity index (χ2v) is 8.09. The molecule has 1 unspecified atom stereocenters. The minimum Gasteiger partial charge on any atom is -0.334 e. The standard InChI is InChI=1S/C21H18Cl2N4O4/c22-15-5-4-12(8-16(15)23)25-21(31)24-9-11-2-1-3-13-14(11)10-27(20(13)30)17-6-7-18(28)26-19(17)29/h1-5,8,17H,6-7,9-10H2,(H2,24,25,31)(H,26,28,29). The summed E-state index contributed by atoms with van der Waals surface area (Å²) < 4.78 is 0. The first-order chi connectivity index (χ1) is 14.8. The molecule has 5 amide bonds. The van der Waals surface area contributed by atoms with E-state index in [4.69, 9.17) is 23.2 Å². The molecule has 0 radical (unpaired) electrons. The van der Waals surface area contributed by atoms with Gasteiger partial charge in [0.15, 0.2) is 0 Å². The number of fused-ring (bicyclic) bond motifs is 1. The fourth-order valence-corrected chi connectivity index (χ4v) is 4.04. The molecular weight excluding hydrogens is 443 g/mol. The Balaban J connectivity index is 1.43. The number of carbonyl (C=O) groups excluding carboxylic acids is 4. The van der Waals surface area contributed by atoms with Crippen molar-refractivity contribution >= 4 is 52.6 Å². The molecule has 0 spiro atoms. The average Bonchev–Trinajstić information content (AvgIpc) is 3.06. The van der Waals surface area contributed by atoms with Crippen LogP contribution in [0.15, 0.2) is 36.4 Å². The maximum Gasteiger partial charge on any atom is 0.319 e. The summed E-state index contributed by atoms with van der Waals surface area (Å²) >= 11 is 11.8. The molecule has 3 N–H and O–H groups in total. The molecule has 1 atom stereocenters. The van der Waals surface area contributed by atoms with E-state index in [1.165, 1.54) is 4.90 Å². The third kappa shape index (κ3) is 4.35. The summed E-state index contributed by atoms with van der Waals surface area (Å²) in [4.78, 5) is 50.2. The minimum atomic E-state index is -0.684. The molecular formula is C21H18Cl2N4O4. The van der Waals surface area contributed by atoms with E-state index in [2.05, 4.69) is 16.0 Å². The Bertz CT molecular complexity index is 1100. The van der Waals surface area contributed by atoms with E-state index in [1.54, 1.807) is 30.3 Å². The van der Waals surface area contributed by atoms with E-state index in [1.807, 2.05) is 6.07 Å². The monoisotopic (exact) mass is 460 g/mol. The highest BCUT2D eigenvalue weighted by molar-refractivity contribution is 6.42. The number of piperidine rings is 1. The van der Waals surface area contributed by atoms with Gasteiger partial charge in [0.25, 0.3) is 5.91 Å². The van der Waals surface area contributed by atoms with Crippen molar-refractivity contribution in [2.45, 2.75) is 32.0 Å². The van der Waals surface area contributed by atoms with Crippen LogP contribution < -0.4 is 16.0 Å². The van der Waals surface area contributed by atoms with Crippen LogP contribution in [0.5, 0.6) is 0 Å². The number of urea groups is 1. The Morgan fingerprint density at radius 1 is 1.13 bits per heavy atom. The zero-order valence-electron chi connectivity index (χ0n) is 16.2. The average molecular weight is 461 g/mol. The predicted octanol–water partition coefficient (Wildman–Crippen LogP) is 3.08. The number of halogens is 2. The summed E-state index contributed by atoms with van der Waals surface area (Å²) in [6.07, 6.45) is 0.490. The number of rotatable bonds is 4. The van der Waals surface area contributed by atoms with Crippen LogP contribution in [0.3, 0.4) is 0 Å². The van der Waals surface area contributed by atoms with E-state index < -0.39 is 18.0 Å². The maximum absolute atomic E-state index is 12.9. The van der Waals surface area contributed by atoms with Crippen molar-refractivity contribution in [3.8, 4) is 0 Å². The number of benzene rings is 2. The van der Waals surface area contributed by atoms with E-state index in [-0.39, 0.29) is 31.3 Å². The highest BCUT2D eigenvalue weighted by Gasteiger charge is 2.39. The molecule has 4 rings (SSSR count). The third-order valence-electron chi connectivity index (χ3n) is 5.30. The Kier molecular flexibility index (Phi) is 5.84. The largest absolute Gasteiger partial charge is 0.334 e. The van der Waals surface area contributed by atoms with Gasteiger partial charge >= 0.3 is 6.03 Å². The van der Waals surface area contributed by atoms with Crippen LogP contribution in [-0.2, 0) is 22.7 Å². The quantitative estimate of drug-likeness (QED) is 0.609. The highest BCUT2D eigenvalue weighted by atomic mass is 35.5. The molecule has 0 aliphatic carbocycles. The topological polar surface area (TPSA) is 108 Å². The van der Waals surface area contributed by atoms with Crippen molar-refractivity contribution < 1.29 is 19.2 Å². The number of imide groups is 1. The zero-order chi connectivity index (χ0) is 22.1. The minimum absolute atomic E-state index is 0.187. The van der Waals surface area contributed by atoms with Crippen LogP contribution in [0.2, 0.25) is 10.0 Å². The number of nitrogens with one attached hydrogen (secondary N) is 3. The van der Waals surface area contributed by atoms with Gasteiger partial charge in [-0.3, -0.25) is 19.7 Å². The second-order valence-electron chi connectivity index (χ2n) is 7.28. The van der Waals surface area contributed by atoms with E-state index >= 15 is 0 Å². The SMILES string of the molecule is O=C1CCC(N2Cc3c(CNC(=O)Nc4ccc(Cl)c(Cl)c4)cccc3C2=O)C(=O)N1. The molecule has 2 heterocycles. The number of amides is 5. The van der Waals surface area contributed by atoms with Gasteiger partial charge in [0, 0.05) is 30.8 Å². The van der Waals surface area contributed by atoms with E-state index in [0.717, 1.165) is 11.1 Å². The van der Waals surface area contributed by atoms with Crippen LogP contribution in [0.25, 0.3) is 0 Å². The van der Waals surface area contributed by atoms with Crippen molar-refractivity contribution in [1.29, 1.82) is 0 Å². The first-order valence-corrected chi connectivity index (χ1v) is 10.3. The molecule has 2 aliphatic heterocycles. The lowest BCUT2D eigenvalue weighted by Gasteiger charge is -2.29. The van der Waals surface area contributed by atoms with Crippen LogP contribution in [0, 0.1) is 0 Å². The Labute approximate surface area is 187 Å². The van der Waals surface area contributed by atoms with Crippen molar-refractivity contribution in [2.75, 3.05) is 5.32 Å². The number of anilines is 1. The lowest BCUT2D eigenvalue weighted by molar-refractivity contribution is -0.136. The van der Waals surface area contributed by atoms with Gasteiger partial charge in [0.05, 0.1) is 10.0 Å². The summed E-state index contributed by atoms with van der Waals surface area (Å²) in [5.41, 5.74) is 2.51. The molecule has 0 aromatic heterocycles. The van der Waals surface area contributed by atoms with Crippen LogP contribution in [0.4, 0.5) is 10.5 Å². The number of carbonyl (C=O) groups is 4. The maximum atomic E-state index is 12.9. The number of hydrogen-bond donors (Lipinski definition) is 3. The van der Waals surface area contributed by atoms with E-state index in [9.17, 15) is 19.2 Å². The Morgan fingerprint density at radius 3 is 2.68 bits per heavy atom. The smallest absolute Gasteiger partial charge is 0.319 e. The predicted molar refractivity (Wildman–Crippen MR) is 115 cm³/mol. The van der Waals surface area contributed by atoms with Crippen LogP contribution >= 0.6 is 23.2 Å². The molecule has 8 nitrogen and oxygen atoms in total. The van der Waals surface area contributed by atoms with Crippen molar-refractivity contribution in [3.63, 3.8) is 0 Å². The zero-order valence-corrected chi connectivity index (χ0v) is 17.7. The summed E-state index contributed by atoms with van der Waals surface area (Å²) in [7, 11) is 0. The second kappa shape index (κ2) is 8.56. The van der Waals surface area contributed by atoms with Gasteiger partial charge in [-0.15, -0.1) is 0 Å². The van der Waals surface area contributed by atoms with E-state index in [0.29, 0.717) is 27.7 Å². The van der Waals surface area contributed by atoms with Gasteiger partial charge in [-0.1, -0.05) is 35.3 Å². The third-order valence-corrected chi connectivity index (χ3v) is 6.03. The first kappa shape index (κ1) is 21.1. The first-order valence-electron chi connectivity index (χ1n) is 9.59. The normalized spacial score (nSPS) is 17.9. The van der Waals surface area contributed by atoms with Crippen LogP contribution in [-0.4, -0.2) is 34.7 Å². The molecule has 160 valence electrons. The lowest BCUT2D eigenvalue weighted by Crippen LogP contribution is -2.52. The van der Waals surface area contributed by atoms with Gasteiger partial charge < -0.3 is 15.5 Å². The summed E-state index contributed by atoms with van der Waals surface area (Å²) in [5.74, 6) is -1.05. The fourth-order valence-electron chi connectivity index (χ4n) is 3.74. The van der Waals surface area contributed by atoms with Gasteiger partial charge in [0.2, 0.25) is 11.8 Å². The van der Waals surface area contributed by atoms with Gasteiger partial charge in [-0.05, 0) is 41.8 Å². The summed E-state index contributed by atoms with van der Waals surface area (Å²) in [6.45, 7) is 0.430. The Morgan fingerprint density at radius 2 is 1.94 bits per heavy atom. The highest BCUT2D eigenvalue weighted by Crippen LogP contribution is 2.30. The molecule has 10 heteroatoms. The molecule has 31 heavy (non-hydrogen) atoms. The summed E-state index contributed by atoms with van der Waals surface area (Å²) in [6, 6.07) is 8.88. The summed E-state index contributed by atoms with van der Waals surface area (Å²) in [5, 5.41) is 8.42.